The smallest absolute Gasteiger partial charge is 0.252 e. The van der Waals surface area contributed by atoms with Crippen LogP contribution in [0.25, 0.3) is 0 Å². The Balaban J connectivity index is 1.51. The highest BCUT2D eigenvalue weighted by molar-refractivity contribution is 5.98. The number of piperidine rings is 1. The number of aromatic nitrogens is 1. The summed E-state index contributed by atoms with van der Waals surface area (Å²) in [5.74, 6) is -4.33. The molecule has 35 heavy (non-hydrogen) atoms. The van der Waals surface area contributed by atoms with Gasteiger partial charge in [0.2, 0.25) is 5.91 Å². The van der Waals surface area contributed by atoms with Crippen molar-refractivity contribution in [2.75, 3.05) is 41.3 Å². The summed E-state index contributed by atoms with van der Waals surface area (Å²) in [7, 11) is 0. The summed E-state index contributed by atoms with van der Waals surface area (Å²) in [4.78, 5) is 31.4. The fourth-order valence-corrected chi connectivity index (χ4v) is 4.30. The maximum atomic E-state index is 14.8. The first-order valence-corrected chi connectivity index (χ1v) is 11.3. The van der Waals surface area contributed by atoms with Gasteiger partial charge in [0.15, 0.2) is 11.6 Å². The van der Waals surface area contributed by atoms with E-state index in [2.05, 4.69) is 22.2 Å². The summed E-state index contributed by atoms with van der Waals surface area (Å²) in [6.07, 6.45) is 1.40. The van der Waals surface area contributed by atoms with E-state index in [4.69, 9.17) is 5.73 Å². The van der Waals surface area contributed by atoms with Crippen LogP contribution in [0, 0.1) is 5.82 Å². The van der Waals surface area contributed by atoms with Crippen LogP contribution in [0.15, 0.2) is 43.0 Å². The van der Waals surface area contributed by atoms with Crippen LogP contribution in [0.1, 0.15) is 29.6 Å². The van der Waals surface area contributed by atoms with Crippen LogP contribution >= 0.6 is 0 Å². The number of amides is 2. The minimum atomic E-state index is -2.62. The molecular formula is C24H27F3N6O2. The SMILES string of the molecule is C=CC(=O)N[C@H]1CCN(c2nc(Nc3ccc(N4CCC(F)(F)CC4)cc3)c(C(N)=O)cc2F)C1. The van der Waals surface area contributed by atoms with Gasteiger partial charge in [-0.25, -0.2) is 18.2 Å². The van der Waals surface area contributed by atoms with Crippen LogP contribution in [0.4, 0.5) is 36.2 Å². The predicted molar refractivity (Wildman–Crippen MR) is 128 cm³/mol. The predicted octanol–water partition coefficient (Wildman–Crippen LogP) is 3.18. The molecule has 2 aliphatic heterocycles. The average Bonchev–Trinajstić information content (AvgIpc) is 3.28. The summed E-state index contributed by atoms with van der Waals surface area (Å²) < 4.78 is 41.7. The Bertz CT molecular complexity index is 1110. The Morgan fingerprint density at radius 2 is 1.83 bits per heavy atom. The number of nitrogens with one attached hydrogen (secondary N) is 2. The minimum absolute atomic E-state index is 0.0405. The number of benzene rings is 1. The number of hydrogen-bond donors (Lipinski definition) is 3. The van der Waals surface area contributed by atoms with Crippen LogP contribution in [0.3, 0.4) is 0 Å². The molecule has 1 aromatic heterocycles. The van der Waals surface area contributed by atoms with Gasteiger partial charge in [-0.2, -0.15) is 0 Å². The van der Waals surface area contributed by atoms with Crippen molar-refractivity contribution in [2.45, 2.75) is 31.2 Å². The fraction of sp³-hybridized carbons (Fsp3) is 0.375. The van der Waals surface area contributed by atoms with E-state index in [1.54, 1.807) is 29.2 Å². The Hall–Kier alpha value is -3.76. The number of nitrogens with zero attached hydrogens (tertiary/aromatic N) is 3. The van der Waals surface area contributed by atoms with Crippen LogP contribution in [0.2, 0.25) is 0 Å². The molecule has 1 atom stereocenters. The molecule has 2 aliphatic rings. The molecule has 186 valence electrons. The van der Waals surface area contributed by atoms with Crippen LogP contribution < -0.4 is 26.2 Å². The second kappa shape index (κ2) is 9.85. The second-order valence-electron chi connectivity index (χ2n) is 8.71. The molecule has 0 bridgehead atoms. The van der Waals surface area contributed by atoms with Crippen LogP contribution in [-0.4, -0.2) is 54.9 Å². The molecule has 3 heterocycles. The van der Waals surface area contributed by atoms with E-state index >= 15 is 0 Å². The summed E-state index contributed by atoms with van der Waals surface area (Å²) in [6.45, 7) is 4.76. The van der Waals surface area contributed by atoms with E-state index in [1.807, 2.05) is 4.90 Å². The summed E-state index contributed by atoms with van der Waals surface area (Å²) >= 11 is 0. The quantitative estimate of drug-likeness (QED) is 0.518. The molecule has 2 amide bonds. The number of anilines is 4. The highest BCUT2D eigenvalue weighted by Crippen LogP contribution is 2.32. The zero-order valence-corrected chi connectivity index (χ0v) is 19.1. The molecular weight excluding hydrogens is 461 g/mol. The monoisotopic (exact) mass is 488 g/mol. The van der Waals surface area contributed by atoms with E-state index in [9.17, 15) is 22.8 Å². The first kappa shape index (κ1) is 24.4. The molecule has 8 nitrogen and oxygen atoms in total. The van der Waals surface area contributed by atoms with E-state index in [1.165, 1.54) is 6.08 Å². The lowest BCUT2D eigenvalue weighted by Crippen LogP contribution is -2.39. The normalized spacial score (nSPS) is 19.3. The van der Waals surface area contributed by atoms with Crippen LogP contribution in [0.5, 0.6) is 0 Å². The third-order valence-corrected chi connectivity index (χ3v) is 6.23. The molecule has 0 spiro atoms. The van der Waals surface area contributed by atoms with Crippen molar-refractivity contribution in [3.63, 3.8) is 0 Å². The number of carbonyl (C=O) groups is 2. The van der Waals surface area contributed by atoms with Gasteiger partial charge < -0.3 is 26.2 Å². The zero-order chi connectivity index (χ0) is 25.2. The van der Waals surface area contributed by atoms with Crippen LogP contribution in [-0.2, 0) is 4.79 Å². The third kappa shape index (κ3) is 5.67. The van der Waals surface area contributed by atoms with Crippen molar-refractivity contribution in [1.29, 1.82) is 0 Å². The van der Waals surface area contributed by atoms with E-state index < -0.39 is 17.6 Å². The molecule has 0 aliphatic carbocycles. The zero-order valence-electron chi connectivity index (χ0n) is 19.1. The van der Waals surface area contributed by atoms with Crippen molar-refractivity contribution in [2.24, 2.45) is 5.73 Å². The topological polar surface area (TPSA) is 104 Å². The number of alkyl halides is 2. The van der Waals surface area contributed by atoms with Gasteiger partial charge in [0.25, 0.3) is 11.8 Å². The molecule has 11 heteroatoms. The van der Waals surface area contributed by atoms with Crippen molar-refractivity contribution >= 4 is 34.8 Å². The lowest BCUT2D eigenvalue weighted by molar-refractivity contribution is -0.117. The fourth-order valence-electron chi connectivity index (χ4n) is 4.30. The number of pyridine rings is 1. The molecule has 0 saturated carbocycles. The highest BCUT2D eigenvalue weighted by atomic mass is 19.3. The summed E-state index contributed by atoms with van der Waals surface area (Å²) in [6, 6.07) is 7.89. The molecule has 2 fully saturated rings. The summed E-state index contributed by atoms with van der Waals surface area (Å²) in [5.41, 5.74) is 6.72. The van der Waals surface area contributed by atoms with Crippen molar-refractivity contribution in [3.05, 3.63) is 54.4 Å². The first-order valence-electron chi connectivity index (χ1n) is 11.3. The third-order valence-electron chi connectivity index (χ3n) is 6.23. The lowest BCUT2D eigenvalue weighted by Gasteiger charge is -2.33. The minimum Gasteiger partial charge on any atom is -0.371 e. The maximum absolute atomic E-state index is 14.8. The number of nitrogens with two attached hydrogens (primary N) is 1. The van der Waals surface area contributed by atoms with Gasteiger partial charge >= 0.3 is 0 Å². The molecule has 4 rings (SSSR count). The molecule has 2 saturated heterocycles. The molecule has 0 unspecified atom stereocenters. The van der Waals surface area contributed by atoms with Crippen molar-refractivity contribution in [3.8, 4) is 0 Å². The molecule has 4 N–H and O–H groups in total. The van der Waals surface area contributed by atoms with Gasteiger partial charge in [0.05, 0.1) is 5.56 Å². The maximum Gasteiger partial charge on any atom is 0.252 e. The van der Waals surface area contributed by atoms with Gasteiger partial charge in [0, 0.05) is 56.4 Å². The van der Waals surface area contributed by atoms with Crippen molar-refractivity contribution < 1.29 is 22.8 Å². The van der Waals surface area contributed by atoms with Gasteiger partial charge in [-0.15, -0.1) is 0 Å². The van der Waals surface area contributed by atoms with Gasteiger partial charge in [-0.3, -0.25) is 9.59 Å². The lowest BCUT2D eigenvalue weighted by atomic mass is 10.1. The Labute approximate surface area is 201 Å². The Morgan fingerprint density at radius 3 is 2.46 bits per heavy atom. The first-order chi connectivity index (χ1) is 16.6. The van der Waals surface area contributed by atoms with E-state index in [0.717, 1.165) is 11.8 Å². The Morgan fingerprint density at radius 1 is 1.14 bits per heavy atom. The van der Waals surface area contributed by atoms with E-state index in [-0.39, 0.29) is 55.1 Å². The number of hydrogen-bond acceptors (Lipinski definition) is 6. The largest absolute Gasteiger partial charge is 0.371 e. The highest BCUT2D eigenvalue weighted by Gasteiger charge is 2.34. The summed E-state index contributed by atoms with van der Waals surface area (Å²) in [5, 5.41) is 5.80. The van der Waals surface area contributed by atoms with Gasteiger partial charge in [0.1, 0.15) is 5.82 Å². The van der Waals surface area contributed by atoms with Gasteiger partial charge in [-0.05, 0) is 42.8 Å². The number of halogens is 3. The number of primary amides is 1. The number of carbonyl (C=O) groups excluding carboxylic acids is 2. The molecule has 0 radical (unpaired) electrons. The second-order valence-corrected chi connectivity index (χ2v) is 8.71. The van der Waals surface area contributed by atoms with Crippen molar-refractivity contribution in [1.82, 2.24) is 10.3 Å². The molecule has 2 aromatic rings. The number of rotatable bonds is 7. The average molecular weight is 489 g/mol. The Kier molecular flexibility index (Phi) is 6.86. The van der Waals surface area contributed by atoms with Gasteiger partial charge in [-0.1, -0.05) is 6.58 Å². The van der Waals surface area contributed by atoms with E-state index in [0.29, 0.717) is 25.2 Å². The molecule has 1 aromatic carbocycles. The standard InChI is InChI=1S/C24H27F3N6O2/c1-2-20(34)29-16-7-10-33(14-16)23-19(25)13-18(21(28)35)22(31-23)30-15-3-5-17(6-4-15)32-11-8-24(26,27)9-12-32/h2-6,13,16H,1,7-12,14H2,(H2,28,35)(H,29,34)(H,30,31)/t16-/m0/s1.